The van der Waals surface area contributed by atoms with Crippen molar-refractivity contribution in [1.82, 2.24) is 19.4 Å². The van der Waals surface area contributed by atoms with Crippen LogP contribution in [-0.2, 0) is 23.0 Å². The molecule has 1 aromatic heterocycles. The average Bonchev–Trinajstić information content (AvgIpc) is 3.30. The van der Waals surface area contributed by atoms with Crippen LogP contribution in [0.1, 0.15) is 77.1 Å². The minimum atomic E-state index is -3.66. The van der Waals surface area contributed by atoms with Gasteiger partial charge in [-0.1, -0.05) is 20.3 Å². The molecule has 1 aromatic carbocycles. The third-order valence-corrected chi connectivity index (χ3v) is 10.6. The van der Waals surface area contributed by atoms with E-state index in [1.807, 2.05) is 6.92 Å². The SMILES string of the molecule is CCCN1CCc2c(sc(NC(=O)c3ccc(S(=O)(=O)N4CCCCC4CC)cc3)c2C(=O)NC(=O)N(C)C)C1. The molecule has 0 bridgehead atoms. The van der Waals surface area contributed by atoms with Gasteiger partial charge < -0.3 is 10.2 Å². The second-order valence-corrected chi connectivity index (χ2v) is 13.5. The molecule has 40 heavy (non-hydrogen) atoms. The van der Waals surface area contributed by atoms with E-state index in [0.29, 0.717) is 30.1 Å². The van der Waals surface area contributed by atoms with Crippen LogP contribution in [0.15, 0.2) is 29.2 Å². The van der Waals surface area contributed by atoms with Gasteiger partial charge >= 0.3 is 6.03 Å². The number of amides is 4. The van der Waals surface area contributed by atoms with Gasteiger partial charge in [0.15, 0.2) is 0 Å². The number of hydrogen-bond acceptors (Lipinski definition) is 7. The highest BCUT2D eigenvalue weighted by atomic mass is 32.2. The molecule has 0 saturated carbocycles. The van der Waals surface area contributed by atoms with Crippen LogP contribution in [0.5, 0.6) is 0 Å². The molecule has 0 aliphatic carbocycles. The number of benzene rings is 1. The van der Waals surface area contributed by atoms with Crippen molar-refractivity contribution in [3.63, 3.8) is 0 Å². The summed E-state index contributed by atoms with van der Waals surface area (Å²) in [6.07, 6.45) is 5.13. The normalized spacial score (nSPS) is 18.1. The molecule has 2 aliphatic rings. The van der Waals surface area contributed by atoms with Crippen molar-refractivity contribution in [1.29, 1.82) is 0 Å². The van der Waals surface area contributed by atoms with Gasteiger partial charge in [-0.2, -0.15) is 4.31 Å². The van der Waals surface area contributed by atoms with Gasteiger partial charge in [0, 0.05) is 50.2 Å². The lowest BCUT2D eigenvalue weighted by Gasteiger charge is -2.34. The predicted octanol–water partition coefficient (Wildman–Crippen LogP) is 4.13. The molecule has 1 unspecified atom stereocenters. The summed E-state index contributed by atoms with van der Waals surface area (Å²) < 4.78 is 28.2. The van der Waals surface area contributed by atoms with E-state index in [2.05, 4.69) is 22.5 Å². The Morgan fingerprint density at radius 3 is 2.42 bits per heavy atom. The van der Waals surface area contributed by atoms with Gasteiger partial charge in [0.1, 0.15) is 5.00 Å². The Kier molecular flexibility index (Phi) is 9.65. The molecular weight excluding hydrogens is 550 g/mol. The molecule has 3 heterocycles. The number of sulfonamides is 1. The number of imide groups is 1. The first-order valence-corrected chi connectivity index (χ1v) is 16.1. The topological polar surface area (TPSA) is 119 Å². The summed E-state index contributed by atoms with van der Waals surface area (Å²) in [5.41, 5.74) is 1.44. The predicted molar refractivity (Wildman–Crippen MR) is 156 cm³/mol. The molecule has 1 saturated heterocycles. The molecule has 4 amide bonds. The Balaban J connectivity index is 1.57. The average molecular weight is 590 g/mol. The number of carbonyl (C=O) groups is 3. The maximum Gasteiger partial charge on any atom is 0.323 e. The molecule has 1 atom stereocenters. The standard InChI is InChI=1S/C28H39N5O5S2/c1-5-15-32-17-14-22-23(18-32)39-27(24(22)26(35)30-28(36)31(3)4)29-25(34)19-10-12-21(13-11-19)40(37,38)33-16-8-7-9-20(33)6-2/h10-13,20H,5-9,14-18H2,1-4H3,(H,29,34)(H,30,35,36). The Hall–Kier alpha value is -2.80. The Labute approximate surface area is 240 Å². The van der Waals surface area contributed by atoms with Crippen molar-refractivity contribution in [2.75, 3.05) is 39.0 Å². The minimum Gasteiger partial charge on any atom is -0.331 e. The second kappa shape index (κ2) is 12.8. The van der Waals surface area contributed by atoms with Crippen molar-refractivity contribution in [3.8, 4) is 0 Å². The zero-order chi connectivity index (χ0) is 29.0. The van der Waals surface area contributed by atoms with Crippen molar-refractivity contribution in [3.05, 3.63) is 45.8 Å². The quantitative estimate of drug-likeness (QED) is 0.478. The molecule has 12 heteroatoms. The van der Waals surface area contributed by atoms with Gasteiger partial charge in [0.05, 0.1) is 10.5 Å². The fraction of sp³-hybridized carbons (Fsp3) is 0.536. The molecule has 4 rings (SSSR count). The number of anilines is 1. The van der Waals surface area contributed by atoms with Gasteiger partial charge in [-0.15, -0.1) is 11.3 Å². The summed E-state index contributed by atoms with van der Waals surface area (Å²) in [6, 6.07) is 5.39. The lowest BCUT2D eigenvalue weighted by atomic mass is 10.0. The number of nitrogens with zero attached hydrogens (tertiary/aromatic N) is 3. The Bertz CT molecular complexity index is 1350. The summed E-state index contributed by atoms with van der Waals surface area (Å²) in [7, 11) is -0.563. The van der Waals surface area contributed by atoms with E-state index in [9.17, 15) is 22.8 Å². The summed E-state index contributed by atoms with van der Waals surface area (Å²) in [5, 5.41) is 5.65. The number of hydrogen-bond donors (Lipinski definition) is 2. The number of carbonyl (C=O) groups excluding carboxylic acids is 3. The van der Waals surface area contributed by atoms with Crippen molar-refractivity contribution < 1.29 is 22.8 Å². The highest BCUT2D eigenvalue weighted by Gasteiger charge is 2.33. The number of fused-ring (bicyclic) bond motifs is 1. The molecule has 0 spiro atoms. The first-order valence-electron chi connectivity index (χ1n) is 13.9. The molecule has 1 fully saturated rings. The molecule has 10 nitrogen and oxygen atoms in total. The maximum atomic E-state index is 13.3. The highest BCUT2D eigenvalue weighted by Crippen LogP contribution is 2.37. The lowest BCUT2D eigenvalue weighted by molar-refractivity contribution is 0.0956. The number of thiophene rings is 1. The largest absolute Gasteiger partial charge is 0.331 e. The fourth-order valence-electron chi connectivity index (χ4n) is 5.35. The van der Waals surface area contributed by atoms with Crippen LogP contribution < -0.4 is 10.6 Å². The minimum absolute atomic E-state index is 0.0104. The van der Waals surface area contributed by atoms with Crippen LogP contribution in [0, 0.1) is 0 Å². The first-order chi connectivity index (χ1) is 19.1. The zero-order valence-electron chi connectivity index (χ0n) is 23.7. The van der Waals surface area contributed by atoms with Gasteiger partial charge in [0.2, 0.25) is 10.0 Å². The summed E-state index contributed by atoms with van der Waals surface area (Å²) in [6.45, 7) is 7.02. The number of piperidine rings is 1. The first kappa shape index (κ1) is 30.2. The van der Waals surface area contributed by atoms with Crippen molar-refractivity contribution in [2.45, 2.75) is 69.9 Å². The van der Waals surface area contributed by atoms with E-state index in [4.69, 9.17) is 0 Å². The molecule has 218 valence electrons. The van der Waals surface area contributed by atoms with Crippen LogP contribution in [0.4, 0.5) is 9.80 Å². The monoisotopic (exact) mass is 589 g/mol. The van der Waals surface area contributed by atoms with E-state index in [-0.39, 0.29) is 16.5 Å². The molecule has 2 aromatic rings. The van der Waals surface area contributed by atoms with Crippen LogP contribution in [0.2, 0.25) is 0 Å². The number of nitrogens with one attached hydrogen (secondary N) is 2. The molecule has 2 N–H and O–H groups in total. The second-order valence-electron chi connectivity index (χ2n) is 10.5. The van der Waals surface area contributed by atoms with E-state index < -0.39 is 27.9 Å². The number of urea groups is 1. The van der Waals surface area contributed by atoms with E-state index in [1.165, 1.54) is 40.5 Å². The van der Waals surface area contributed by atoms with Gasteiger partial charge in [-0.05, 0) is 68.5 Å². The summed E-state index contributed by atoms with van der Waals surface area (Å²) in [5.74, 6) is -1.01. The third-order valence-electron chi connectivity index (χ3n) is 7.52. The summed E-state index contributed by atoms with van der Waals surface area (Å²) in [4.78, 5) is 43.4. The van der Waals surface area contributed by atoms with Crippen LogP contribution in [-0.4, -0.2) is 80.1 Å². The van der Waals surface area contributed by atoms with E-state index >= 15 is 0 Å². The van der Waals surface area contributed by atoms with Gasteiger partial charge in [0.25, 0.3) is 11.8 Å². The van der Waals surface area contributed by atoms with Crippen LogP contribution in [0.3, 0.4) is 0 Å². The lowest BCUT2D eigenvalue weighted by Crippen LogP contribution is -2.43. The Morgan fingerprint density at radius 2 is 1.77 bits per heavy atom. The van der Waals surface area contributed by atoms with E-state index in [1.54, 1.807) is 18.4 Å². The van der Waals surface area contributed by atoms with Crippen molar-refractivity contribution >= 4 is 44.2 Å². The maximum absolute atomic E-state index is 13.3. The van der Waals surface area contributed by atoms with Crippen LogP contribution >= 0.6 is 11.3 Å². The zero-order valence-corrected chi connectivity index (χ0v) is 25.3. The number of rotatable bonds is 8. The molecule has 0 radical (unpaired) electrons. The van der Waals surface area contributed by atoms with Crippen LogP contribution in [0.25, 0.3) is 0 Å². The Morgan fingerprint density at radius 1 is 1.05 bits per heavy atom. The summed E-state index contributed by atoms with van der Waals surface area (Å²) >= 11 is 1.35. The molecular formula is C28H39N5O5S2. The fourth-order valence-corrected chi connectivity index (χ4v) is 8.40. The smallest absolute Gasteiger partial charge is 0.323 e. The third kappa shape index (κ3) is 6.40. The van der Waals surface area contributed by atoms with Gasteiger partial charge in [-0.3, -0.25) is 19.8 Å². The molecule has 2 aliphatic heterocycles. The van der Waals surface area contributed by atoms with Gasteiger partial charge in [-0.25, -0.2) is 13.2 Å². The highest BCUT2D eigenvalue weighted by molar-refractivity contribution is 7.89. The van der Waals surface area contributed by atoms with E-state index in [0.717, 1.165) is 55.6 Å². The van der Waals surface area contributed by atoms with Crippen molar-refractivity contribution in [2.24, 2.45) is 0 Å².